The van der Waals surface area contributed by atoms with Gasteiger partial charge >= 0.3 is 12.2 Å². The zero-order chi connectivity index (χ0) is 19.4. The Morgan fingerprint density at radius 2 is 1.85 bits per heavy atom. The zero-order valence-electron chi connectivity index (χ0n) is 15.5. The molecule has 0 atom stereocenters. The molecule has 7 heteroatoms. The number of nitrogens with zero attached hydrogens (tertiary/aromatic N) is 1. The number of para-hydroxylation sites is 1. The van der Waals surface area contributed by atoms with Gasteiger partial charge in [0.1, 0.15) is 23.7 Å². The molecule has 0 fully saturated rings. The van der Waals surface area contributed by atoms with Crippen LogP contribution >= 0.6 is 0 Å². The zero-order valence-corrected chi connectivity index (χ0v) is 15.5. The summed E-state index contributed by atoms with van der Waals surface area (Å²) < 4.78 is 16.3. The van der Waals surface area contributed by atoms with Crippen LogP contribution in [0.3, 0.4) is 0 Å². The molecule has 0 unspecified atom stereocenters. The van der Waals surface area contributed by atoms with E-state index in [0.29, 0.717) is 36.0 Å². The third-order valence-electron chi connectivity index (χ3n) is 3.64. The summed E-state index contributed by atoms with van der Waals surface area (Å²) in [7, 11) is 0. The lowest BCUT2D eigenvalue weighted by Crippen LogP contribution is -2.41. The molecule has 0 radical (unpaired) electrons. The second-order valence-electron chi connectivity index (χ2n) is 6.99. The Balaban J connectivity index is 1.70. The molecule has 1 heterocycles. The summed E-state index contributed by atoms with van der Waals surface area (Å²) >= 11 is 0. The summed E-state index contributed by atoms with van der Waals surface area (Å²) in [6.45, 7) is 6.18. The first kappa shape index (κ1) is 18.6. The molecule has 0 spiro atoms. The van der Waals surface area contributed by atoms with Crippen LogP contribution in [0.1, 0.15) is 20.8 Å². The Morgan fingerprint density at radius 1 is 1.11 bits per heavy atom. The summed E-state index contributed by atoms with van der Waals surface area (Å²) in [6, 6.07) is 13.8. The van der Waals surface area contributed by atoms with Crippen LogP contribution in [0.15, 0.2) is 48.5 Å². The van der Waals surface area contributed by atoms with Crippen molar-refractivity contribution in [3.05, 3.63) is 48.5 Å². The topological polar surface area (TPSA) is 77.1 Å². The maximum Gasteiger partial charge on any atom is 0.417 e. The number of anilines is 2. The van der Waals surface area contributed by atoms with E-state index in [0.717, 1.165) is 0 Å². The molecule has 2 aromatic rings. The molecule has 142 valence electrons. The highest BCUT2D eigenvalue weighted by Crippen LogP contribution is 2.35. The predicted octanol–water partition coefficient (Wildman–Crippen LogP) is 4.43. The van der Waals surface area contributed by atoms with E-state index in [-0.39, 0.29) is 0 Å². The molecule has 1 aliphatic rings. The summed E-state index contributed by atoms with van der Waals surface area (Å²) in [5.74, 6) is 0.935. The van der Waals surface area contributed by atoms with Crippen molar-refractivity contribution in [1.29, 1.82) is 0 Å². The van der Waals surface area contributed by atoms with Crippen molar-refractivity contribution in [1.82, 2.24) is 0 Å². The number of rotatable bonds is 2. The molecule has 0 saturated heterocycles. The number of benzene rings is 2. The van der Waals surface area contributed by atoms with Gasteiger partial charge in [0.2, 0.25) is 0 Å². The number of ether oxygens (including phenoxy) is 3. The van der Waals surface area contributed by atoms with Gasteiger partial charge in [0.05, 0.1) is 12.2 Å². The van der Waals surface area contributed by atoms with Crippen LogP contribution in [0.4, 0.5) is 21.0 Å². The smallest absolute Gasteiger partial charge is 0.417 e. The van der Waals surface area contributed by atoms with Crippen LogP contribution in [0.2, 0.25) is 0 Å². The summed E-state index contributed by atoms with van der Waals surface area (Å²) in [6.07, 6.45) is -1.04. The lowest BCUT2D eigenvalue weighted by molar-refractivity contribution is 0.0567. The van der Waals surface area contributed by atoms with Gasteiger partial charge in [-0.1, -0.05) is 18.2 Å². The first-order chi connectivity index (χ1) is 12.8. The molecule has 2 aromatic carbocycles. The molecule has 0 saturated carbocycles. The second-order valence-corrected chi connectivity index (χ2v) is 6.99. The van der Waals surface area contributed by atoms with Gasteiger partial charge in [-0.2, -0.15) is 0 Å². The van der Waals surface area contributed by atoms with Crippen molar-refractivity contribution in [3.8, 4) is 11.5 Å². The number of nitrogens with one attached hydrogen (secondary N) is 1. The van der Waals surface area contributed by atoms with Gasteiger partial charge in [0.15, 0.2) is 0 Å². The molecule has 7 nitrogen and oxygen atoms in total. The number of carbonyl (C=O) groups is 2. The molecule has 2 amide bonds. The minimum absolute atomic E-state index is 0.337. The lowest BCUT2D eigenvalue weighted by Gasteiger charge is -2.31. The Labute approximate surface area is 157 Å². The van der Waals surface area contributed by atoms with Crippen LogP contribution in [0.5, 0.6) is 11.5 Å². The standard InChI is InChI=1S/C20H22N2O5/c1-20(2,3)27-19(24)22-11-12-25-17-13-14(9-10-16(17)22)21-18(23)26-15-7-5-4-6-8-15/h4-10,13H,11-12H2,1-3H3,(H,21,23). The van der Waals surface area contributed by atoms with E-state index in [2.05, 4.69) is 5.32 Å². The Bertz CT molecular complexity index is 830. The Hall–Kier alpha value is -3.22. The number of hydrogen-bond acceptors (Lipinski definition) is 5. The van der Waals surface area contributed by atoms with E-state index in [1.807, 2.05) is 26.8 Å². The van der Waals surface area contributed by atoms with Gasteiger partial charge < -0.3 is 14.2 Å². The fraction of sp³-hybridized carbons (Fsp3) is 0.300. The fourth-order valence-corrected chi connectivity index (χ4v) is 2.54. The Kier molecular flexibility index (Phi) is 5.21. The highest BCUT2D eigenvalue weighted by atomic mass is 16.6. The number of carbonyl (C=O) groups excluding carboxylic acids is 2. The molecular formula is C20H22N2O5. The van der Waals surface area contributed by atoms with Crippen molar-refractivity contribution in [2.75, 3.05) is 23.4 Å². The quantitative estimate of drug-likeness (QED) is 0.846. The Morgan fingerprint density at radius 3 is 2.56 bits per heavy atom. The molecule has 1 aliphatic heterocycles. The van der Waals surface area contributed by atoms with Crippen molar-refractivity contribution in [3.63, 3.8) is 0 Å². The molecule has 0 bridgehead atoms. The first-order valence-electron chi connectivity index (χ1n) is 8.63. The van der Waals surface area contributed by atoms with E-state index in [4.69, 9.17) is 14.2 Å². The average Bonchev–Trinajstić information content (AvgIpc) is 2.60. The highest BCUT2D eigenvalue weighted by Gasteiger charge is 2.28. The van der Waals surface area contributed by atoms with Crippen molar-refractivity contribution >= 4 is 23.6 Å². The van der Waals surface area contributed by atoms with E-state index in [1.54, 1.807) is 42.5 Å². The van der Waals surface area contributed by atoms with Crippen molar-refractivity contribution in [2.45, 2.75) is 26.4 Å². The summed E-state index contributed by atoms with van der Waals surface area (Å²) in [4.78, 5) is 25.9. The first-order valence-corrected chi connectivity index (χ1v) is 8.63. The summed E-state index contributed by atoms with van der Waals surface area (Å²) in [5.41, 5.74) is 0.510. The second kappa shape index (κ2) is 7.57. The van der Waals surface area contributed by atoms with Crippen LogP contribution in [0, 0.1) is 0 Å². The van der Waals surface area contributed by atoms with Gasteiger partial charge in [-0.15, -0.1) is 0 Å². The summed E-state index contributed by atoms with van der Waals surface area (Å²) in [5, 5.41) is 2.65. The average molecular weight is 370 g/mol. The molecule has 0 aromatic heterocycles. The molecule has 1 N–H and O–H groups in total. The van der Waals surface area contributed by atoms with Crippen LogP contribution < -0.4 is 19.7 Å². The highest BCUT2D eigenvalue weighted by molar-refractivity contribution is 5.92. The number of amides is 2. The maximum absolute atomic E-state index is 12.4. The van der Waals surface area contributed by atoms with Crippen LogP contribution in [0.25, 0.3) is 0 Å². The normalized spacial score (nSPS) is 13.2. The fourth-order valence-electron chi connectivity index (χ4n) is 2.54. The van der Waals surface area contributed by atoms with Crippen LogP contribution in [-0.2, 0) is 4.74 Å². The van der Waals surface area contributed by atoms with Crippen LogP contribution in [-0.4, -0.2) is 30.9 Å². The maximum atomic E-state index is 12.4. The van der Waals surface area contributed by atoms with E-state index in [9.17, 15) is 9.59 Å². The molecule has 3 rings (SSSR count). The van der Waals surface area contributed by atoms with Crippen molar-refractivity contribution in [2.24, 2.45) is 0 Å². The molecule has 27 heavy (non-hydrogen) atoms. The van der Waals surface area contributed by atoms with E-state index in [1.165, 1.54) is 4.90 Å². The largest absolute Gasteiger partial charge is 0.489 e. The minimum atomic E-state index is -0.610. The minimum Gasteiger partial charge on any atom is -0.489 e. The van der Waals surface area contributed by atoms with E-state index >= 15 is 0 Å². The lowest BCUT2D eigenvalue weighted by atomic mass is 10.2. The predicted molar refractivity (Wildman–Crippen MR) is 102 cm³/mol. The number of hydrogen-bond donors (Lipinski definition) is 1. The van der Waals surface area contributed by atoms with Gasteiger partial charge in [-0.25, -0.2) is 9.59 Å². The van der Waals surface area contributed by atoms with Gasteiger partial charge in [0.25, 0.3) is 0 Å². The van der Waals surface area contributed by atoms with Gasteiger partial charge in [0, 0.05) is 11.8 Å². The molecule has 0 aliphatic carbocycles. The van der Waals surface area contributed by atoms with Gasteiger partial charge in [-0.05, 0) is 45.0 Å². The van der Waals surface area contributed by atoms with Crippen molar-refractivity contribution < 1.29 is 23.8 Å². The molecular weight excluding hydrogens is 348 g/mol. The van der Waals surface area contributed by atoms with E-state index < -0.39 is 17.8 Å². The number of fused-ring (bicyclic) bond motifs is 1. The van der Waals surface area contributed by atoms with Gasteiger partial charge in [-0.3, -0.25) is 10.2 Å². The third kappa shape index (κ3) is 4.91. The monoisotopic (exact) mass is 370 g/mol. The SMILES string of the molecule is CC(C)(C)OC(=O)N1CCOc2cc(NC(=O)Oc3ccccc3)ccc21. The third-order valence-corrected chi connectivity index (χ3v) is 3.64.